The molecular weight excluding hydrogens is 424 g/mol. The third-order valence-electron chi connectivity index (χ3n) is 4.63. The van der Waals surface area contributed by atoms with E-state index in [0.29, 0.717) is 28.5 Å². The quantitative estimate of drug-likeness (QED) is 0.591. The van der Waals surface area contributed by atoms with E-state index in [1.165, 1.54) is 28.4 Å². The largest absolute Gasteiger partial charge is 0.486 e. The van der Waals surface area contributed by atoms with E-state index < -0.39 is 0 Å². The molecule has 1 N–H and O–H groups in total. The summed E-state index contributed by atoms with van der Waals surface area (Å²) in [6, 6.07) is 13.6. The van der Waals surface area contributed by atoms with Crippen molar-refractivity contribution in [2.24, 2.45) is 0 Å². The molecular formula is C21H18N2O3S3. The van der Waals surface area contributed by atoms with Gasteiger partial charge in [-0.15, -0.1) is 34.9 Å². The van der Waals surface area contributed by atoms with E-state index in [4.69, 9.17) is 9.47 Å². The predicted molar refractivity (Wildman–Crippen MR) is 121 cm³/mol. The Morgan fingerprint density at radius 3 is 2.55 bits per heavy atom. The van der Waals surface area contributed by atoms with Crippen molar-refractivity contribution in [3.8, 4) is 22.8 Å². The van der Waals surface area contributed by atoms with Crippen LogP contribution in [0.2, 0.25) is 0 Å². The average molecular weight is 443 g/mol. The van der Waals surface area contributed by atoms with Gasteiger partial charge in [-0.3, -0.25) is 10.1 Å². The molecule has 0 radical (unpaired) electrons. The lowest BCUT2D eigenvalue weighted by Crippen LogP contribution is -2.15. The molecule has 29 heavy (non-hydrogen) atoms. The van der Waals surface area contributed by atoms with Crippen molar-refractivity contribution in [1.29, 1.82) is 0 Å². The summed E-state index contributed by atoms with van der Waals surface area (Å²) in [4.78, 5) is 17.2. The number of carbonyl (C=O) groups is 1. The van der Waals surface area contributed by atoms with Gasteiger partial charge in [-0.25, -0.2) is 4.98 Å². The van der Waals surface area contributed by atoms with Gasteiger partial charge in [0.25, 0.3) is 5.91 Å². The summed E-state index contributed by atoms with van der Waals surface area (Å²) < 4.78 is 11.7. The number of fused-ring (bicyclic) bond motifs is 1. The van der Waals surface area contributed by atoms with Crippen LogP contribution in [0.4, 0.5) is 5.13 Å². The molecule has 0 saturated carbocycles. The molecule has 148 valence electrons. The van der Waals surface area contributed by atoms with E-state index in [-0.39, 0.29) is 5.91 Å². The smallest absolute Gasteiger partial charge is 0.257 e. The van der Waals surface area contributed by atoms with Crippen LogP contribution in [0.25, 0.3) is 11.3 Å². The number of aromatic nitrogens is 1. The fourth-order valence-electron chi connectivity index (χ4n) is 3.18. The van der Waals surface area contributed by atoms with E-state index in [1.54, 1.807) is 0 Å². The number of hydrogen-bond acceptors (Lipinski definition) is 7. The molecule has 0 aliphatic carbocycles. The number of thiazole rings is 1. The molecule has 3 heterocycles. The van der Waals surface area contributed by atoms with Gasteiger partial charge in [0.05, 0.1) is 10.3 Å². The minimum absolute atomic E-state index is 0.147. The number of benzene rings is 2. The lowest BCUT2D eigenvalue weighted by molar-refractivity contribution is 0.102. The average Bonchev–Trinajstić information content (AvgIpc) is 3.46. The van der Waals surface area contributed by atoms with Gasteiger partial charge in [-0.1, -0.05) is 12.1 Å². The summed E-state index contributed by atoms with van der Waals surface area (Å²) in [6.07, 6.45) is 0. The first-order valence-corrected chi connectivity index (χ1v) is 12.2. The van der Waals surface area contributed by atoms with E-state index in [0.717, 1.165) is 22.8 Å². The van der Waals surface area contributed by atoms with Crippen molar-refractivity contribution < 1.29 is 14.3 Å². The number of amides is 1. The van der Waals surface area contributed by atoms with Gasteiger partial charge in [0.1, 0.15) is 13.2 Å². The third-order valence-corrected chi connectivity index (χ3v) is 8.49. The molecule has 0 atom stereocenters. The zero-order valence-corrected chi connectivity index (χ0v) is 17.9. The SMILES string of the molecule is O=C(Nc1nc(-c2ccc3c(c2)OCCO3)cs1)c1ccc(C2SCCS2)cc1. The number of carbonyl (C=O) groups excluding carboxylic acids is 1. The number of thioether (sulfide) groups is 2. The summed E-state index contributed by atoms with van der Waals surface area (Å²) in [5, 5.41) is 5.41. The van der Waals surface area contributed by atoms with Crippen LogP contribution in [0.1, 0.15) is 20.5 Å². The summed E-state index contributed by atoms with van der Waals surface area (Å²) in [5.74, 6) is 3.71. The summed E-state index contributed by atoms with van der Waals surface area (Å²) >= 11 is 5.32. The molecule has 5 rings (SSSR count). The van der Waals surface area contributed by atoms with Gasteiger partial charge in [-0.2, -0.15) is 0 Å². The van der Waals surface area contributed by atoms with Crippen LogP contribution in [-0.4, -0.2) is 35.6 Å². The number of ether oxygens (including phenoxy) is 2. The van der Waals surface area contributed by atoms with E-state index in [2.05, 4.69) is 10.3 Å². The highest BCUT2D eigenvalue weighted by molar-refractivity contribution is 8.19. The van der Waals surface area contributed by atoms with Crippen LogP contribution < -0.4 is 14.8 Å². The molecule has 1 saturated heterocycles. The summed E-state index contributed by atoms with van der Waals surface area (Å²) in [7, 11) is 0. The minimum atomic E-state index is -0.147. The second-order valence-corrected chi connectivity index (χ2v) is 10.1. The van der Waals surface area contributed by atoms with Gasteiger partial charge < -0.3 is 9.47 Å². The molecule has 2 aromatic carbocycles. The third kappa shape index (κ3) is 4.10. The van der Waals surface area contributed by atoms with Gasteiger partial charge in [0.2, 0.25) is 0 Å². The topological polar surface area (TPSA) is 60.5 Å². The fourth-order valence-corrected chi connectivity index (χ4v) is 6.75. The number of hydrogen-bond donors (Lipinski definition) is 1. The van der Waals surface area contributed by atoms with Crippen molar-refractivity contribution >= 4 is 45.9 Å². The van der Waals surface area contributed by atoms with Crippen molar-refractivity contribution in [2.45, 2.75) is 4.58 Å². The number of rotatable bonds is 4. The van der Waals surface area contributed by atoms with Crippen LogP contribution in [0, 0.1) is 0 Å². The van der Waals surface area contributed by atoms with Crippen LogP contribution in [0.5, 0.6) is 11.5 Å². The molecule has 1 aromatic heterocycles. The molecule has 0 bridgehead atoms. The number of nitrogens with one attached hydrogen (secondary N) is 1. The van der Waals surface area contributed by atoms with Crippen LogP contribution >= 0.6 is 34.9 Å². The zero-order valence-electron chi connectivity index (χ0n) is 15.4. The maximum absolute atomic E-state index is 12.6. The second-order valence-electron chi connectivity index (χ2n) is 6.55. The maximum atomic E-state index is 12.6. The Kier molecular flexibility index (Phi) is 5.39. The van der Waals surface area contributed by atoms with Gasteiger partial charge in [0, 0.05) is 28.0 Å². The maximum Gasteiger partial charge on any atom is 0.257 e. The van der Waals surface area contributed by atoms with Crippen molar-refractivity contribution in [1.82, 2.24) is 4.98 Å². The molecule has 8 heteroatoms. The number of nitrogens with zero attached hydrogens (tertiary/aromatic N) is 1. The van der Waals surface area contributed by atoms with Crippen molar-refractivity contribution in [3.63, 3.8) is 0 Å². The Labute approximate surface area is 181 Å². The normalized spacial score (nSPS) is 16.0. The number of anilines is 1. The molecule has 0 spiro atoms. The van der Waals surface area contributed by atoms with Crippen LogP contribution in [0.3, 0.4) is 0 Å². The Bertz CT molecular complexity index is 1030. The lowest BCUT2D eigenvalue weighted by atomic mass is 10.1. The van der Waals surface area contributed by atoms with E-state index in [9.17, 15) is 4.79 Å². The van der Waals surface area contributed by atoms with Crippen LogP contribution in [0.15, 0.2) is 47.8 Å². The summed E-state index contributed by atoms with van der Waals surface area (Å²) in [5.41, 5.74) is 3.64. The van der Waals surface area contributed by atoms with Crippen LogP contribution in [-0.2, 0) is 0 Å². The molecule has 0 unspecified atom stereocenters. The molecule has 2 aliphatic heterocycles. The Morgan fingerprint density at radius 1 is 1.00 bits per heavy atom. The first kappa shape index (κ1) is 18.8. The van der Waals surface area contributed by atoms with E-state index >= 15 is 0 Å². The Balaban J connectivity index is 1.28. The lowest BCUT2D eigenvalue weighted by Gasteiger charge is -2.18. The van der Waals surface area contributed by atoms with Crippen molar-refractivity contribution in [3.05, 3.63) is 59.0 Å². The highest BCUT2D eigenvalue weighted by Gasteiger charge is 2.19. The molecule has 3 aromatic rings. The molecule has 1 amide bonds. The Morgan fingerprint density at radius 2 is 1.76 bits per heavy atom. The van der Waals surface area contributed by atoms with Gasteiger partial charge in [0.15, 0.2) is 16.6 Å². The van der Waals surface area contributed by atoms with E-state index in [1.807, 2.05) is 71.4 Å². The first-order chi connectivity index (χ1) is 14.3. The fraction of sp³-hybridized carbons (Fsp3) is 0.238. The highest BCUT2D eigenvalue weighted by Crippen LogP contribution is 2.45. The molecule has 5 nitrogen and oxygen atoms in total. The first-order valence-electron chi connectivity index (χ1n) is 9.26. The standard InChI is InChI=1S/C21H18N2O3S3/c24-19(13-1-3-14(4-2-13)20-27-9-10-28-20)23-21-22-16(12-29-21)15-5-6-17-18(11-15)26-8-7-25-17/h1-6,11-12,20H,7-10H2,(H,22,23,24). The predicted octanol–water partition coefficient (Wildman–Crippen LogP) is 5.31. The van der Waals surface area contributed by atoms with Gasteiger partial charge >= 0.3 is 0 Å². The summed E-state index contributed by atoms with van der Waals surface area (Å²) in [6.45, 7) is 1.12. The second kappa shape index (κ2) is 8.30. The van der Waals surface area contributed by atoms with Crippen molar-refractivity contribution in [2.75, 3.05) is 30.0 Å². The minimum Gasteiger partial charge on any atom is -0.486 e. The molecule has 1 fully saturated rings. The Hall–Kier alpha value is -2.16. The monoisotopic (exact) mass is 442 g/mol. The zero-order chi connectivity index (χ0) is 19.6. The highest BCUT2D eigenvalue weighted by atomic mass is 32.2. The van der Waals surface area contributed by atoms with Gasteiger partial charge in [-0.05, 0) is 35.9 Å². The molecule has 2 aliphatic rings.